The molecule has 2 nitrogen and oxygen atoms in total. The zero-order valence-corrected chi connectivity index (χ0v) is 13.6. The maximum atomic E-state index is 6.26. The molecule has 20 heavy (non-hydrogen) atoms. The molecule has 0 bridgehead atoms. The summed E-state index contributed by atoms with van der Waals surface area (Å²) in [6.45, 7) is 2.28. The van der Waals surface area contributed by atoms with Crippen LogP contribution < -0.4 is 11.3 Å². The number of benzene rings is 1. The summed E-state index contributed by atoms with van der Waals surface area (Å²) >= 11 is 12.3. The summed E-state index contributed by atoms with van der Waals surface area (Å²) in [7, 11) is 0. The Bertz CT molecular complexity index is 436. The number of nitrogens with one attached hydrogen (secondary N) is 1. The Morgan fingerprint density at radius 3 is 2.85 bits per heavy atom. The van der Waals surface area contributed by atoms with Crippen molar-refractivity contribution in [2.45, 2.75) is 51.5 Å². The second kappa shape index (κ2) is 7.65. The Kier molecular flexibility index (Phi) is 6.16. The van der Waals surface area contributed by atoms with Gasteiger partial charge in [0, 0.05) is 16.1 Å². The van der Waals surface area contributed by atoms with E-state index in [4.69, 9.17) is 29.0 Å². The van der Waals surface area contributed by atoms with Crippen molar-refractivity contribution < 1.29 is 0 Å². The first-order valence-corrected chi connectivity index (χ1v) is 8.29. The smallest absolute Gasteiger partial charge is 0.0439 e. The lowest BCUT2D eigenvalue weighted by atomic mass is 9.75. The van der Waals surface area contributed by atoms with Gasteiger partial charge < -0.3 is 0 Å². The van der Waals surface area contributed by atoms with E-state index in [2.05, 4.69) is 12.3 Å². The molecular formula is C16H24Cl2N2. The third-order valence-electron chi connectivity index (χ3n) is 4.63. The highest BCUT2D eigenvalue weighted by molar-refractivity contribution is 6.33. The molecule has 0 saturated heterocycles. The Morgan fingerprint density at radius 2 is 2.15 bits per heavy atom. The molecule has 1 fully saturated rings. The molecule has 0 spiro atoms. The summed E-state index contributed by atoms with van der Waals surface area (Å²) in [4.78, 5) is 0. The molecule has 0 heterocycles. The van der Waals surface area contributed by atoms with Gasteiger partial charge in [0.05, 0.1) is 0 Å². The standard InChI is InChI=1S/C16H24Cl2N2/c1-2-11-4-3-5-12(8-11)16(20-19)10-13-9-14(17)6-7-15(13)18/h6-7,9,11-12,16,20H,2-5,8,10,19H2,1H3. The molecule has 0 aliphatic heterocycles. The number of hydrazine groups is 1. The van der Waals surface area contributed by atoms with Crippen LogP contribution in [0.25, 0.3) is 0 Å². The summed E-state index contributed by atoms with van der Waals surface area (Å²) in [5.41, 5.74) is 4.09. The van der Waals surface area contributed by atoms with E-state index in [1.54, 1.807) is 0 Å². The topological polar surface area (TPSA) is 38.0 Å². The minimum Gasteiger partial charge on any atom is -0.271 e. The van der Waals surface area contributed by atoms with Gasteiger partial charge in [0.1, 0.15) is 0 Å². The van der Waals surface area contributed by atoms with Gasteiger partial charge in [-0.15, -0.1) is 0 Å². The van der Waals surface area contributed by atoms with Gasteiger partial charge in [0.15, 0.2) is 0 Å². The maximum absolute atomic E-state index is 6.26. The van der Waals surface area contributed by atoms with Crippen molar-refractivity contribution in [1.82, 2.24) is 5.43 Å². The van der Waals surface area contributed by atoms with Gasteiger partial charge in [0.2, 0.25) is 0 Å². The molecule has 0 amide bonds. The summed E-state index contributed by atoms with van der Waals surface area (Å²) in [6.07, 6.45) is 7.31. The molecule has 1 saturated carbocycles. The summed E-state index contributed by atoms with van der Waals surface area (Å²) < 4.78 is 0. The summed E-state index contributed by atoms with van der Waals surface area (Å²) in [5, 5.41) is 1.51. The number of halogens is 2. The molecule has 2 rings (SSSR count). The normalized spacial score (nSPS) is 24.6. The van der Waals surface area contributed by atoms with Crippen LogP contribution in [-0.2, 0) is 6.42 Å². The molecule has 0 aromatic heterocycles. The Morgan fingerprint density at radius 1 is 1.35 bits per heavy atom. The zero-order valence-electron chi connectivity index (χ0n) is 12.0. The largest absolute Gasteiger partial charge is 0.271 e. The van der Waals surface area contributed by atoms with Crippen molar-refractivity contribution in [3.8, 4) is 0 Å². The molecular weight excluding hydrogens is 291 g/mol. The van der Waals surface area contributed by atoms with Gasteiger partial charge in [0.25, 0.3) is 0 Å². The Balaban J connectivity index is 2.06. The van der Waals surface area contributed by atoms with E-state index < -0.39 is 0 Å². The minimum absolute atomic E-state index is 0.278. The predicted molar refractivity (Wildman–Crippen MR) is 87.0 cm³/mol. The lowest BCUT2D eigenvalue weighted by Crippen LogP contribution is -2.44. The van der Waals surface area contributed by atoms with Gasteiger partial charge >= 0.3 is 0 Å². The molecule has 4 heteroatoms. The van der Waals surface area contributed by atoms with Crippen LogP contribution in [0.15, 0.2) is 18.2 Å². The molecule has 3 unspecified atom stereocenters. The van der Waals surface area contributed by atoms with Crippen LogP contribution >= 0.6 is 23.2 Å². The summed E-state index contributed by atoms with van der Waals surface area (Å²) in [6, 6.07) is 5.92. The number of hydrogen-bond donors (Lipinski definition) is 2. The van der Waals surface area contributed by atoms with Gasteiger partial charge in [-0.2, -0.15) is 0 Å². The highest BCUT2D eigenvalue weighted by atomic mass is 35.5. The average molecular weight is 315 g/mol. The van der Waals surface area contributed by atoms with Crippen molar-refractivity contribution in [3.05, 3.63) is 33.8 Å². The lowest BCUT2D eigenvalue weighted by Gasteiger charge is -2.34. The van der Waals surface area contributed by atoms with E-state index in [0.717, 1.165) is 27.9 Å². The Labute approximate surface area is 132 Å². The molecule has 1 aromatic rings. The van der Waals surface area contributed by atoms with Crippen LogP contribution in [-0.4, -0.2) is 6.04 Å². The van der Waals surface area contributed by atoms with Crippen molar-refractivity contribution in [2.24, 2.45) is 17.7 Å². The fourth-order valence-corrected chi connectivity index (χ4v) is 3.76. The Hall–Kier alpha value is -0.280. The number of rotatable bonds is 5. The van der Waals surface area contributed by atoms with Crippen LogP contribution in [0.5, 0.6) is 0 Å². The lowest BCUT2D eigenvalue weighted by molar-refractivity contribution is 0.208. The molecule has 0 radical (unpaired) electrons. The van der Waals surface area contributed by atoms with Gasteiger partial charge in [-0.25, -0.2) is 0 Å². The van der Waals surface area contributed by atoms with Crippen molar-refractivity contribution in [2.75, 3.05) is 0 Å². The highest BCUT2D eigenvalue weighted by Crippen LogP contribution is 2.34. The predicted octanol–water partition coefficient (Wildman–Crippen LogP) is 4.58. The van der Waals surface area contributed by atoms with E-state index in [1.807, 2.05) is 18.2 Å². The van der Waals surface area contributed by atoms with Gasteiger partial charge in [-0.3, -0.25) is 11.3 Å². The van der Waals surface area contributed by atoms with Crippen LogP contribution in [0.3, 0.4) is 0 Å². The third-order valence-corrected chi connectivity index (χ3v) is 5.24. The second-order valence-electron chi connectivity index (χ2n) is 5.91. The fraction of sp³-hybridized carbons (Fsp3) is 0.625. The third kappa shape index (κ3) is 4.11. The number of hydrogen-bond acceptors (Lipinski definition) is 2. The van der Waals surface area contributed by atoms with E-state index in [0.29, 0.717) is 5.92 Å². The first kappa shape index (κ1) is 16.1. The van der Waals surface area contributed by atoms with E-state index >= 15 is 0 Å². The molecule has 1 aliphatic carbocycles. The zero-order chi connectivity index (χ0) is 14.5. The van der Waals surface area contributed by atoms with E-state index in [-0.39, 0.29) is 6.04 Å². The minimum atomic E-state index is 0.278. The van der Waals surface area contributed by atoms with E-state index in [1.165, 1.54) is 32.1 Å². The monoisotopic (exact) mass is 314 g/mol. The fourth-order valence-electron chi connectivity index (χ4n) is 3.37. The summed E-state index contributed by atoms with van der Waals surface area (Å²) in [5.74, 6) is 7.28. The maximum Gasteiger partial charge on any atom is 0.0439 e. The molecule has 3 N–H and O–H groups in total. The molecule has 1 aliphatic rings. The quantitative estimate of drug-likeness (QED) is 0.616. The van der Waals surface area contributed by atoms with E-state index in [9.17, 15) is 0 Å². The van der Waals surface area contributed by atoms with Gasteiger partial charge in [-0.1, -0.05) is 49.4 Å². The van der Waals surface area contributed by atoms with Gasteiger partial charge in [-0.05, 0) is 54.9 Å². The second-order valence-corrected chi connectivity index (χ2v) is 6.76. The average Bonchev–Trinajstić information content (AvgIpc) is 2.48. The van der Waals surface area contributed by atoms with Crippen LogP contribution in [0, 0.1) is 11.8 Å². The molecule has 112 valence electrons. The highest BCUT2D eigenvalue weighted by Gasteiger charge is 2.27. The molecule has 3 atom stereocenters. The van der Waals surface area contributed by atoms with Crippen molar-refractivity contribution in [3.63, 3.8) is 0 Å². The number of nitrogens with two attached hydrogens (primary N) is 1. The van der Waals surface area contributed by atoms with Crippen LogP contribution in [0.1, 0.15) is 44.6 Å². The van der Waals surface area contributed by atoms with Crippen LogP contribution in [0.4, 0.5) is 0 Å². The SMILES string of the molecule is CCC1CCCC(C(Cc2cc(Cl)ccc2Cl)NN)C1. The first-order chi connectivity index (χ1) is 9.63. The molecule has 1 aromatic carbocycles. The van der Waals surface area contributed by atoms with Crippen molar-refractivity contribution >= 4 is 23.2 Å². The van der Waals surface area contributed by atoms with Crippen LogP contribution in [0.2, 0.25) is 10.0 Å². The van der Waals surface area contributed by atoms with Crippen molar-refractivity contribution in [1.29, 1.82) is 0 Å². The first-order valence-electron chi connectivity index (χ1n) is 7.54.